The molecule has 0 aliphatic carbocycles. The van der Waals surface area contributed by atoms with Crippen molar-refractivity contribution in [3.8, 4) is 0 Å². The molecule has 1 N–H and O–H groups in total. The number of rotatable bonds is 4. The molecule has 2 nitrogen and oxygen atoms in total. The van der Waals surface area contributed by atoms with Crippen LogP contribution in [0, 0.1) is 5.21 Å². The standard InChI is InChI=1S/C9H19NO/c1-6-7-9(4,8(2)3)10(5)11/h10H,2,6-7H2,1,3-5H3. The van der Waals surface area contributed by atoms with Crippen LogP contribution in [0.15, 0.2) is 12.2 Å². The lowest BCUT2D eigenvalue weighted by molar-refractivity contribution is -0.876. The van der Waals surface area contributed by atoms with Crippen LogP contribution in [0.5, 0.6) is 0 Å². The van der Waals surface area contributed by atoms with Crippen LogP contribution in [0.3, 0.4) is 0 Å². The molecule has 66 valence electrons. The van der Waals surface area contributed by atoms with E-state index in [1.807, 2.05) is 13.8 Å². The molecule has 0 aliphatic heterocycles. The maximum Gasteiger partial charge on any atom is 0.115 e. The predicted octanol–water partition coefficient (Wildman–Crippen LogP) is 1.13. The molecule has 0 spiro atoms. The van der Waals surface area contributed by atoms with Crippen LogP contribution in [0.1, 0.15) is 33.6 Å². The Morgan fingerprint density at radius 1 is 1.64 bits per heavy atom. The first-order chi connectivity index (χ1) is 4.95. The minimum Gasteiger partial charge on any atom is -0.634 e. The van der Waals surface area contributed by atoms with Crippen LogP contribution in [0.25, 0.3) is 0 Å². The topological polar surface area (TPSA) is 27.5 Å². The molecule has 11 heavy (non-hydrogen) atoms. The van der Waals surface area contributed by atoms with Gasteiger partial charge >= 0.3 is 0 Å². The van der Waals surface area contributed by atoms with Crippen molar-refractivity contribution in [1.82, 2.24) is 0 Å². The van der Waals surface area contributed by atoms with Gasteiger partial charge in [-0.1, -0.05) is 13.5 Å². The van der Waals surface area contributed by atoms with E-state index in [9.17, 15) is 5.21 Å². The Hall–Kier alpha value is -0.340. The monoisotopic (exact) mass is 157 g/mol. The van der Waals surface area contributed by atoms with E-state index < -0.39 is 0 Å². The van der Waals surface area contributed by atoms with Crippen molar-refractivity contribution in [2.75, 3.05) is 7.05 Å². The van der Waals surface area contributed by atoms with Gasteiger partial charge in [-0.15, -0.1) is 0 Å². The third-order valence-electron chi connectivity index (χ3n) is 2.47. The predicted molar refractivity (Wildman–Crippen MR) is 48.4 cm³/mol. The number of quaternary nitrogens is 1. The second-order valence-corrected chi connectivity index (χ2v) is 3.42. The zero-order chi connectivity index (χ0) is 9.07. The molecule has 0 fully saturated rings. The molecule has 0 bridgehead atoms. The molecule has 0 saturated heterocycles. The molecule has 0 aliphatic rings. The quantitative estimate of drug-likeness (QED) is 0.481. The maximum atomic E-state index is 11.2. The summed E-state index contributed by atoms with van der Waals surface area (Å²) in [7, 11) is 1.64. The van der Waals surface area contributed by atoms with E-state index in [4.69, 9.17) is 0 Å². The highest BCUT2D eigenvalue weighted by molar-refractivity contribution is 5.06. The Morgan fingerprint density at radius 3 is 2.18 bits per heavy atom. The van der Waals surface area contributed by atoms with E-state index in [2.05, 4.69) is 13.5 Å². The van der Waals surface area contributed by atoms with Crippen LogP contribution in [-0.2, 0) is 0 Å². The number of hydrogen-bond donors (Lipinski definition) is 1. The summed E-state index contributed by atoms with van der Waals surface area (Å²) >= 11 is 0. The van der Waals surface area contributed by atoms with Gasteiger partial charge in [-0.2, -0.15) is 0 Å². The Labute approximate surface area is 69.5 Å². The zero-order valence-corrected chi connectivity index (χ0v) is 8.03. The number of likely N-dealkylation sites (N-methyl/N-ethyl adjacent to an activating group) is 1. The summed E-state index contributed by atoms with van der Waals surface area (Å²) in [6, 6.07) is 0. The maximum absolute atomic E-state index is 11.2. The van der Waals surface area contributed by atoms with Gasteiger partial charge in [-0.3, -0.25) is 0 Å². The number of hydrogen-bond acceptors (Lipinski definition) is 1. The van der Waals surface area contributed by atoms with Gasteiger partial charge in [0.25, 0.3) is 0 Å². The summed E-state index contributed by atoms with van der Waals surface area (Å²) < 4.78 is 0. The highest BCUT2D eigenvalue weighted by Gasteiger charge is 2.28. The first-order valence-electron chi connectivity index (χ1n) is 4.12. The zero-order valence-electron chi connectivity index (χ0n) is 8.03. The molecule has 0 saturated carbocycles. The van der Waals surface area contributed by atoms with Gasteiger partial charge in [0, 0.05) is 6.42 Å². The lowest BCUT2D eigenvalue weighted by atomic mass is 9.89. The summed E-state index contributed by atoms with van der Waals surface area (Å²) in [6.45, 7) is 9.83. The lowest BCUT2D eigenvalue weighted by Gasteiger charge is -2.38. The molecule has 0 amide bonds. The van der Waals surface area contributed by atoms with E-state index in [-0.39, 0.29) is 10.6 Å². The first-order valence-corrected chi connectivity index (χ1v) is 4.12. The minimum atomic E-state index is -0.283. The van der Waals surface area contributed by atoms with Crippen molar-refractivity contribution >= 4 is 0 Å². The van der Waals surface area contributed by atoms with Crippen LogP contribution in [0.4, 0.5) is 0 Å². The first kappa shape index (κ1) is 10.7. The van der Waals surface area contributed by atoms with Crippen molar-refractivity contribution in [3.63, 3.8) is 0 Å². The fraction of sp³-hybridized carbons (Fsp3) is 0.778. The van der Waals surface area contributed by atoms with Crippen molar-refractivity contribution < 1.29 is 5.06 Å². The van der Waals surface area contributed by atoms with Gasteiger partial charge in [0.05, 0.1) is 7.05 Å². The molecule has 0 heterocycles. The Bertz CT molecular complexity index is 142. The van der Waals surface area contributed by atoms with Gasteiger partial charge in [-0.05, 0) is 25.8 Å². The smallest absolute Gasteiger partial charge is 0.115 e. The highest BCUT2D eigenvalue weighted by Crippen LogP contribution is 2.16. The third kappa shape index (κ3) is 2.31. The molecule has 0 radical (unpaired) electrons. The number of hydroxylamine groups is 2. The molecule has 0 aromatic rings. The van der Waals surface area contributed by atoms with Crippen LogP contribution in [0.2, 0.25) is 0 Å². The molecule has 2 unspecified atom stereocenters. The van der Waals surface area contributed by atoms with Crippen molar-refractivity contribution in [2.24, 2.45) is 0 Å². The molecular weight excluding hydrogens is 138 g/mol. The van der Waals surface area contributed by atoms with Gasteiger partial charge in [-0.25, -0.2) is 0 Å². The van der Waals surface area contributed by atoms with Crippen LogP contribution < -0.4 is 5.06 Å². The van der Waals surface area contributed by atoms with Gasteiger partial charge in [0.2, 0.25) is 0 Å². The fourth-order valence-electron chi connectivity index (χ4n) is 1.19. The SMILES string of the molecule is C=C(C)C(C)(CCC)[NH+](C)[O-]. The van der Waals surface area contributed by atoms with Gasteiger partial charge < -0.3 is 10.3 Å². The van der Waals surface area contributed by atoms with E-state index in [1.165, 1.54) is 0 Å². The van der Waals surface area contributed by atoms with E-state index in [0.717, 1.165) is 18.4 Å². The molecule has 0 aromatic heterocycles. The summed E-state index contributed by atoms with van der Waals surface area (Å²) in [6.07, 6.45) is 1.95. The Morgan fingerprint density at radius 2 is 2.09 bits per heavy atom. The highest BCUT2D eigenvalue weighted by atomic mass is 16.5. The average molecular weight is 157 g/mol. The fourth-order valence-corrected chi connectivity index (χ4v) is 1.19. The normalized spacial score (nSPS) is 19.0. The molecule has 2 atom stereocenters. The van der Waals surface area contributed by atoms with Crippen molar-refractivity contribution in [2.45, 2.75) is 39.2 Å². The summed E-state index contributed by atoms with van der Waals surface area (Å²) in [4.78, 5) is 0. The van der Waals surface area contributed by atoms with Crippen LogP contribution >= 0.6 is 0 Å². The van der Waals surface area contributed by atoms with E-state index in [1.54, 1.807) is 7.05 Å². The Balaban J connectivity index is 4.38. The summed E-state index contributed by atoms with van der Waals surface area (Å²) in [5, 5.41) is 11.5. The second-order valence-electron chi connectivity index (χ2n) is 3.42. The van der Waals surface area contributed by atoms with Gasteiger partial charge in [0.15, 0.2) is 0 Å². The van der Waals surface area contributed by atoms with E-state index in [0.29, 0.717) is 0 Å². The molecular formula is C9H19NO. The van der Waals surface area contributed by atoms with Crippen LogP contribution in [-0.4, -0.2) is 12.6 Å². The summed E-state index contributed by atoms with van der Waals surface area (Å²) in [5.74, 6) is 0. The Kier molecular flexibility index (Phi) is 3.76. The lowest BCUT2D eigenvalue weighted by Crippen LogP contribution is -3.13. The van der Waals surface area contributed by atoms with Gasteiger partial charge in [0.1, 0.15) is 5.54 Å². The number of nitrogens with one attached hydrogen (secondary N) is 1. The van der Waals surface area contributed by atoms with Crippen molar-refractivity contribution in [1.29, 1.82) is 0 Å². The van der Waals surface area contributed by atoms with E-state index >= 15 is 0 Å². The largest absolute Gasteiger partial charge is 0.634 e. The molecule has 0 rings (SSSR count). The van der Waals surface area contributed by atoms with Crippen molar-refractivity contribution in [3.05, 3.63) is 17.4 Å². The average Bonchev–Trinajstić information content (AvgIpc) is 1.87. The second kappa shape index (κ2) is 3.88. The molecule has 2 heteroatoms. The summed E-state index contributed by atoms with van der Waals surface area (Å²) in [5.41, 5.74) is 0.696. The molecule has 0 aromatic carbocycles. The third-order valence-corrected chi connectivity index (χ3v) is 2.47. The minimum absolute atomic E-state index is 0.229.